The number of nitrogens with two attached hydrogens (primary N) is 1. The number of pyridine rings is 1. The minimum absolute atomic E-state index is 0.451. The van der Waals surface area contributed by atoms with Crippen LogP contribution in [0.2, 0.25) is 0 Å². The summed E-state index contributed by atoms with van der Waals surface area (Å²) in [5, 5.41) is 13.2. The lowest BCUT2D eigenvalue weighted by Crippen LogP contribution is -2.35. The molecule has 1 aromatic rings. The Balaban J connectivity index is 2.54. The van der Waals surface area contributed by atoms with Crippen LogP contribution in [0.1, 0.15) is 27.2 Å². The smallest absolute Gasteiger partial charge is 0.149 e. The fourth-order valence-electron chi connectivity index (χ4n) is 1.79. The van der Waals surface area contributed by atoms with E-state index in [9.17, 15) is 5.11 Å². The maximum atomic E-state index is 10.1. The van der Waals surface area contributed by atoms with E-state index >= 15 is 0 Å². The van der Waals surface area contributed by atoms with Crippen molar-refractivity contribution in [1.82, 2.24) is 4.98 Å². The molecule has 0 aliphatic carbocycles. The van der Waals surface area contributed by atoms with E-state index in [1.54, 1.807) is 18.3 Å². The maximum absolute atomic E-state index is 10.1. The van der Waals surface area contributed by atoms with Crippen molar-refractivity contribution in [2.45, 2.75) is 32.8 Å². The normalized spacial score (nSPS) is 14.8. The van der Waals surface area contributed by atoms with E-state index in [0.29, 0.717) is 24.0 Å². The van der Waals surface area contributed by atoms with Crippen molar-refractivity contribution in [2.24, 2.45) is 5.92 Å². The summed E-state index contributed by atoms with van der Waals surface area (Å²) in [4.78, 5) is 4.11. The summed E-state index contributed by atoms with van der Waals surface area (Å²) in [6.07, 6.45) is 2.42. The molecule has 0 bridgehead atoms. The number of hydrogen-bond donors (Lipinski definition) is 3. The van der Waals surface area contributed by atoms with Gasteiger partial charge in [-0.15, -0.1) is 0 Å². The number of hydrogen-bond acceptors (Lipinski definition) is 4. The van der Waals surface area contributed by atoms with E-state index in [1.165, 1.54) is 0 Å². The van der Waals surface area contributed by atoms with Crippen LogP contribution in [-0.4, -0.2) is 22.2 Å². The molecule has 4 nitrogen and oxygen atoms in total. The number of aromatic nitrogens is 1. The monoisotopic (exact) mass is 223 g/mol. The molecule has 0 aliphatic rings. The molecule has 1 atom stereocenters. The van der Waals surface area contributed by atoms with Gasteiger partial charge in [0.15, 0.2) is 0 Å². The third-order valence-corrected chi connectivity index (χ3v) is 2.32. The van der Waals surface area contributed by atoms with Gasteiger partial charge in [-0.2, -0.15) is 0 Å². The maximum Gasteiger partial charge on any atom is 0.149 e. The first-order chi connectivity index (χ1) is 7.41. The fraction of sp³-hybridized carbons (Fsp3) is 0.583. The highest BCUT2D eigenvalue weighted by Gasteiger charge is 2.21. The second-order valence-corrected chi connectivity index (χ2v) is 4.89. The number of anilines is 2. The minimum atomic E-state index is -0.738. The first kappa shape index (κ1) is 12.8. The van der Waals surface area contributed by atoms with Gasteiger partial charge < -0.3 is 16.2 Å². The third kappa shape index (κ3) is 4.06. The standard InChI is InChI=1S/C12H21N3O/c1-9(2)7-12(3,16)8-15-11-10(13)5-4-6-14-11/h4-6,9,16H,7-8,13H2,1-3H3,(H,14,15). The SMILES string of the molecule is CC(C)CC(C)(O)CNc1ncccc1N. The molecule has 1 rings (SSSR count). The van der Waals surface area contributed by atoms with Crippen LogP contribution in [0.25, 0.3) is 0 Å². The van der Waals surface area contributed by atoms with Crippen LogP contribution in [0.3, 0.4) is 0 Å². The highest BCUT2D eigenvalue weighted by molar-refractivity contribution is 5.60. The topological polar surface area (TPSA) is 71.2 Å². The van der Waals surface area contributed by atoms with Crippen molar-refractivity contribution in [1.29, 1.82) is 0 Å². The summed E-state index contributed by atoms with van der Waals surface area (Å²) in [6, 6.07) is 3.57. The average Bonchev–Trinajstić information content (AvgIpc) is 2.14. The Kier molecular flexibility index (Phi) is 4.12. The highest BCUT2D eigenvalue weighted by Crippen LogP contribution is 2.19. The summed E-state index contributed by atoms with van der Waals surface area (Å²) in [6.45, 7) is 6.44. The van der Waals surface area contributed by atoms with E-state index in [2.05, 4.69) is 24.1 Å². The molecule has 4 N–H and O–H groups in total. The molecule has 90 valence electrons. The predicted octanol–water partition coefficient (Wildman–Crippen LogP) is 1.87. The van der Waals surface area contributed by atoms with Crippen molar-refractivity contribution in [3.8, 4) is 0 Å². The number of rotatable bonds is 5. The van der Waals surface area contributed by atoms with Crippen LogP contribution in [0.5, 0.6) is 0 Å². The minimum Gasteiger partial charge on any atom is -0.396 e. The summed E-state index contributed by atoms with van der Waals surface area (Å²) < 4.78 is 0. The van der Waals surface area contributed by atoms with Crippen molar-refractivity contribution >= 4 is 11.5 Å². The third-order valence-electron chi connectivity index (χ3n) is 2.32. The summed E-state index contributed by atoms with van der Waals surface area (Å²) >= 11 is 0. The molecule has 4 heteroatoms. The largest absolute Gasteiger partial charge is 0.396 e. The number of nitrogens with one attached hydrogen (secondary N) is 1. The average molecular weight is 223 g/mol. The van der Waals surface area contributed by atoms with Gasteiger partial charge in [0.05, 0.1) is 11.3 Å². The van der Waals surface area contributed by atoms with Gasteiger partial charge in [-0.05, 0) is 31.4 Å². The highest BCUT2D eigenvalue weighted by atomic mass is 16.3. The summed E-state index contributed by atoms with van der Waals surface area (Å²) in [5.74, 6) is 1.09. The van der Waals surface area contributed by atoms with Crippen LogP contribution in [-0.2, 0) is 0 Å². The zero-order valence-electron chi connectivity index (χ0n) is 10.2. The number of aliphatic hydroxyl groups is 1. The van der Waals surface area contributed by atoms with Gasteiger partial charge in [0.2, 0.25) is 0 Å². The van der Waals surface area contributed by atoms with Crippen molar-refractivity contribution in [2.75, 3.05) is 17.6 Å². The van der Waals surface area contributed by atoms with Crippen LogP contribution in [0.15, 0.2) is 18.3 Å². The Morgan fingerprint density at radius 3 is 2.81 bits per heavy atom. The predicted molar refractivity (Wildman–Crippen MR) is 67.2 cm³/mol. The molecule has 0 aliphatic heterocycles. The molecule has 0 fully saturated rings. The van der Waals surface area contributed by atoms with Crippen molar-refractivity contribution in [3.63, 3.8) is 0 Å². The lowest BCUT2D eigenvalue weighted by atomic mass is 9.94. The Morgan fingerprint density at radius 2 is 2.25 bits per heavy atom. The zero-order chi connectivity index (χ0) is 12.2. The van der Waals surface area contributed by atoms with Crippen molar-refractivity contribution < 1.29 is 5.11 Å². The molecular weight excluding hydrogens is 202 g/mol. The zero-order valence-corrected chi connectivity index (χ0v) is 10.2. The lowest BCUT2D eigenvalue weighted by molar-refractivity contribution is 0.0515. The molecule has 0 radical (unpaired) electrons. The second kappa shape index (κ2) is 5.16. The first-order valence-electron chi connectivity index (χ1n) is 5.57. The Hall–Kier alpha value is -1.29. The van der Waals surface area contributed by atoms with Gasteiger partial charge in [0, 0.05) is 12.7 Å². The van der Waals surface area contributed by atoms with Gasteiger partial charge in [0.1, 0.15) is 5.82 Å². The van der Waals surface area contributed by atoms with E-state index in [-0.39, 0.29) is 0 Å². The van der Waals surface area contributed by atoms with Crippen molar-refractivity contribution in [3.05, 3.63) is 18.3 Å². The molecule has 0 saturated heterocycles. The van der Waals surface area contributed by atoms with Crippen LogP contribution < -0.4 is 11.1 Å². The molecule has 0 amide bonds. The molecule has 1 unspecified atom stereocenters. The summed E-state index contributed by atoms with van der Waals surface area (Å²) in [7, 11) is 0. The van der Waals surface area contributed by atoms with Gasteiger partial charge >= 0.3 is 0 Å². The van der Waals surface area contributed by atoms with Crippen LogP contribution in [0, 0.1) is 5.92 Å². The molecule has 1 heterocycles. The lowest BCUT2D eigenvalue weighted by Gasteiger charge is -2.26. The fourth-order valence-corrected chi connectivity index (χ4v) is 1.79. The molecule has 0 saturated carbocycles. The van der Waals surface area contributed by atoms with E-state index in [4.69, 9.17) is 5.73 Å². The van der Waals surface area contributed by atoms with E-state index < -0.39 is 5.60 Å². The van der Waals surface area contributed by atoms with Gasteiger partial charge in [0.25, 0.3) is 0 Å². The Labute approximate surface area is 96.9 Å². The number of nitrogens with zero attached hydrogens (tertiary/aromatic N) is 1. The van der Waals surface area contributed by atoms with Gasteiger partial charge in [-0.3, -0.25) is 0 Å². The molecule has 1 aromatic heterocycles. The molecule has 0 aromatic carbocycles. The van der Waals surface area contributed by atoms with Crippen LogP contribution >= 0.6 is 0 Å². The van der Waals surface area contributed by atoms with E-state index in [1.807, 2.05) is 6.92 Å². The second-order valence-electron chi connectivity index (χ2n) is 4.89. The summed E-state index contributed by atoms with van der Waals surface area (Å²) in [5.41, 5.74) is 5.61. The molecular formula is C12H21N3O. The quantitative estimate of drug-likeness (QED) is 0.712. The van der Waals surface area contributed by atoms with Gasteiger partial charge in [-0.1, -0.05) is 13.8 Å². The molecule has 0 spiro atoms. The number of nitrogen functional groups attached to an aromatic ring is 1. The van der Waals surface area contributed by atoms with E-state index in [0.717, 1.165) is 6.42 Å². The first-order valence-corrected chi connectivity index (χ1v) is 5.57. The Morgan fingerprint density at radius 1 is 1.56 bits per heavy atom. The molecule has 16 heavy (non-hydrogen) atoms. The Bertz CT molecular complexity index is 337. The van der Waals surface area contributed by atoms with Gasteiger partial charge in [-0.25, -0.2) is 4.98 Å². The van der Waals surface area contributed by atoms with Crippen LogP contribution in [0.4, 0.5) is 11.5 Å².